The number of aromatic nitrogens is 2. The standard InChI is InChI=1S/C16H10FN3O2/c17-14-4-2-1-3-11(14)8-20-9-18-15-7-12(19-10-21)5-6-13(15)16(20)22/h1-7,9H,8H2. The molecular formula is C16H10FN3O2. The Bertz CT molecular complexity index is 959. The molecular weight excluding hydrogens is 285 g/mol. The molecule has 22 heavy (non-hydrogen) atoms. The SMILES string of the molecule is O=C=Nc1ccc2c(=O)n(Cc3ccccc3F)cnc2c1. The Labute approximate surface area is 124 Å². The zero-order valence-corrected chi connectivity index (χ0v) is 11.4. The van der Waals surface area contributed by atoms with Crippen molar-refractivity contribution in [2.24, 2.45) is 4.99 Å². The van der Waals surface area contributed by atoms with Crippen LogP contribution in [0.3, 0.4) is 0 Å². The predicted molar refractivity (Wildman–Crippen MR) is 79.3 cm³/mol. The second kappa shape index (κ2) is 5.71. The number of aliphatic imine (C=N–C) groups is 1. The van der Waals surface area contributed by atoms with Crippen molar-refractivity contribution in [2.75, 3.05) is 0 Å². The average molecular weight is 295 g/mol. The first kappa shape index (κ1) is 13.9. The Morgan fingerprint density at radius 3 is 2.82 bits per heavy atom. The normalized spacial score (nSPS) is 10.4. The van der Waals surface area contributed by atoms with Crippen molar-refractivity contribution in [1.82, 2.24) is 9.55 Å². The third-order valence-corrected chi connectivity index (χ3v) is 3.28. The first-order valence-corrected chi connectivity index (χ1v) is 6.49. The molecule has 0 unspecified atom stereocenters. The van der Waals surface area contributed by atoms with Crippen LogP contribution in [0.5, 0.6) is 0 Å². The number of nitrogens with zero attached hydrogens (tertiary/aromatic N) is 3. The van der Waals surface area contributed by atoms with Crippen molar-refractivity contribution in [3.63, 3.8) is 0 Å². The van der Waals surface area contributed by atoms with Gasteiger partial charge in [0, 0.05) is 5.56 Å². The molecule has 0 bridgehead atoms. The summed E-state index contributed by atoms with van der Waals surface area (Å²) < 4.78 is 15.0. The molecule has 0 atom stereocenters. The smallest absolute Gasteiger partial charge is 0.261 e. The lowest BCUT2D eigenvalue weighted by Crippen LogP contribution is -2.21. The van der Waals surface area contributed by atoms with Gasteiger partial charge in [0.2, 0.25) is 6.08 Å². The maximum atomic E-state index is 13.7. The van der Waals surface area contributed by atoms with Crippen molar-refractivity contribution in [1.29, 1.82) is 0 Å². The summed E-state index contributed by atoms with van der Waals surface area (Å²) in [5.41, 5.74) is 0.926. The van der Waals surface area contributed by atoms with Crippen LogP contribution in [-0.2, 0) is 11.3 Å². The van der Waals surface area contributed by atoms with Gasteiger partial charge in [0.05, 0.1) is 29.5 Å². The van der Waals surface area contributed by atoms with Crippen molar-refractivity contribution in [3.05, 3.63) is 70.5 Å². The average Bonchev–Trinajstić information content (AvgIpc) is 2.52. The molecule has 1 aromatic heterocycles. The summed E-state index contributed by atoms with van der Waals surface area (Å²) in [6.07, 6.45) is 2.79. The van der Waals surface area contributed by atoms with E-state index >= 15 is 0 Å². The van der Waals surface area contributed by atoms with Gasteiger partial charge in [-0.15, -0.1) is 0 Å². The Kier molecular flexibility index (Phi) is 3.60. The summed E-state index contributed by atoms with van der Waals surface area (Å²) in [7, 11) is 0. The topological polar surface area (TPSA) is 64.3 Å². The number of benzene rings is 2. The molecule has 0 fully saturated rings. The van der Waals surface area contributed by atoms with E-state index < -0.39 is 0 Å². The second-order valence-electron chi connectivity index (χ2n) is 4.67. The minimum absolute atomic E-state index is 0.0999. The summed E-state index contributed by atoms with van der Waals surface area (Å²) in [5, 5.41) is 0.378. The molecule has 6 heteroatoms. The van der Waals surface area contributed by atoms with E-state index in [0.717, 1.165) is 0 Å². The van der Waals surface area contributed by atoms with Crippen LogP contribution in [0.2, 0.25) is 0 Å². The van der Waals surface area contributed by atoms with Crippen molar-refractivity contribution in [2.45, 2.75) is 6.54 Å². The highest BCUT2D eigenvalue weighted by molar-refractivity contribution is 5.80. The van der Waals surface area contributed by atoms with Crippen LogP contribution in [0.4, 0.5) is 10.1 Å². The van der Waals surface area contributed by atoms with Gasteiger partial charge in [-0.05, 0) is 24.3 Å². The molecule has 0 aliphatic carbocycles. The molecule has 2 aromatic carbocycles. The fourth-order valence-corrected chi connectivity index (χ4v) is 2.19. The molecule has 0 amide bonds. The molecule has 0 spiro atoms. The van der Waals surface area contributed by atoms with E-state index in [1.807, 2.05) is 0 Å². The molecule has 0 aliphatic heterocycles. The quantitative estimate of drug-likeness (QED) is 0.551. The number of hydrogen-bond donors (Lipinski definition) is 0. The molecule has 5 nitrogen and oxygen atoms in total. The summed E-state index contributed by atoms with van der Waals surface area (Å²) in [5.74, 6) is -0.370. The third-order valence-electron chi connectivity index (χ3n) is 3.28. The lowest BCUT2D eigenvalue weighted by atomic mass is 10.2. The van der Waals surface area contributed by atoms with Crippen LogP contribution in [0.1, 0.15) is 5.56 Å². The highest BCUT2D eigenvalue weighted by Crippen LogP contribution is 2.17. The van der Waals surface area contributed by atoms with Crippen LogP contribution >= 0.6 is 0 Å². The first-order chi connectivity index (χ1) is 10.7. The van der Waals surface area contributed by atoms with E-state index in [1.165, 1.54) is 35.2 Å². The number of isocyanates is 1. The first-order valence-electron chi connectivity index (χ1n) is 6.49. The van der Waals surface area contributed by atoms with Gasteiger partial charge >= 0.3 is 0 Å². The highest BCUT2D eigenvalue weighted by atomic mass is 19.1. The van der Waals surface area contributed by atoms with E-state index in [4.69, 9.17) is 0 Å². The van der Waals surface area contributed by atoms with E-state index in [0.29, 0.717) is 22.2 Å². The van der Waals surface area contributed by atoms with Crippen molar-refractivity contribution in [3.8, 4) is 0 Å². The van der Waals surface area contributed by atoms with Gasteiger partial charge in [-0.25, -0.2) is 14.2 Å². The Balaban J connectivity index is 2.07. The van der Waals surface area contributed by atoms with E-state index in [9.17, 15) is 14.0 Å². The summed E-state index contributed by atoms with van der Waals surface area (Å²) in [6, 6.07) is 10.9. The molecule has 0 radical (unpaired) electrons. The Morgan fingerprint density at radius 2 is 2.05 bits per heavy atom. The number of halogens is 1. The number of carbonyl (C=O) groups excluding carboxylic acids is 1. The van der Waals surface area contributed by atoms with Gasteiger partial charge in [0.1, 0.15) is 5.82 Å². The van der Waals surface area contributed by atoms with Crippen LogP contribution in [0.25, 0.3) is 10.9 Å². The largest absolute Gasteiger partial charge is 0.294 e. The highest BCUT2D eigenvalue weighted by Gasteiger charge is 2.07. The number of fused-ring (bicyclic) bond motifs is 1. The lowest BCUT2D eigenvalue weighted by molar-refractivity contribution is 0.565. The van der Waals surface area contributed by atoms with Crippen LogP contribution in [0, 0.1) is 5.82 Å². The number of hydrogen-bond acceptors (Lipinski definition) is 4. The van der Waals surface area contributed by atoms with Crippen LogP contribution in [0.15, 0.2) is 58.6 Å². The van der Waals surface area contributed by atoms with Crippen molar-refractivity contribution < 1.29 is 9.18 Å². The molecule has 3 rings (SSSR count). The second-order valence-corrected chi connectivity index (χ2v) is 4.67. The van der Waals surface area contributed by atoms with E-state index in [2.05, 4.69) is 9.98 Å². The number of rotatable bonds is 3. The zero-order valence-electron chi connectivity index (χ0n) is 11.4. The molecule has 0 aliphatic rings. The fourth-order valence-electron chi connectivity index (χ4n) is 2.19. The predicted octanol–water partition coefficient (Wildman–Crippen LogP) is 2.55. The zero-order chi connectivity index (χ0) is 15.5. The monoisotopic (exact) mass is 295 g/mol. The third kappa shape index (κ3) is 2.55. The van der Waals surface area contributed by atoms with Gasteiger partial charge < -0.3 is 0 Å². The summed E-state index contributed by atoms with van der Waals surface area (Å²) in [6.45, 7) is 0.0999. The molecule has 0 saturated carbocycles. The molecule has 3 aromatic rings. The van der Waals surface area contributed by atoms with Gasteiger partial charge in [-0.1, -0.05) is 18.2 Å². The molecule has 1 heterocycles. The maximum absolute atomic E-state index is 13.7. The summed E-state index contributed by atoms with van der Waals surface area (Å²) >= 11 is 0. The van der Waals surface area contributed by atoms with Crippen LogP contribution < -0.4 is 5.56 Å². The summed E-state index contributed by atoms with van der Waals surface area (Å²) in [4.78, 5) is 30.3. The van der Waals surface area contributed by atoms with Gasteiger partial charge in [0.15, 0.2) is 0 Å². The van der Waals surface area contributed by atoms with Gasteiger partial charge in [-0.2, -0.15) is 4.99 Å². The van der Waals surface area contributed by atoms with Crippen molar-refractivity contribution >= 4 is 22.7 Å². The van der Waals surface area contributed by atoms with E-state index in [1.54, 1.807) is 24.3 Å². The van der Waals surface area contributed by atoms with Crippen LogP contribution in [-0.4, -0.2) is 15.6 Å². The van der Waals surface area contributed by atoms with Gasteiger partial charge in [-0.3, -0.25) is 9.36 Å². The Morgan fingerprint density at radius 1 is 1.23 bits per heavy atom. The Hall–Kier alpha value is -3.11. The molecule has 0 N–H and O–H groups in total. The minimum Gasteiger partial charge on any atom is -0.294 e. The molecule has 108 valence electrons. The lowest BCUT2D eigenvalue weighted by Gasteiger charge is -2.07. The maximum Gasteiger partial charge on any atom is 0.261 e. The minimum atomic E-state index is -0.370. The van der Waals surface area contributed by atoms with E-state index in [-0.39, 0.29) is 17.9 Å². The molecule has 0 saturated heterocycles. The fraction of sp³-hybridized carbons (Fsp3) is 0.0625. The van der Waals surface area contributed by atoms with Gasteiger partial charge in [0.25, 0.3) is 5.56 Å².